The minimum Gasteiger partial charge on any atom is -0.369 e. The predicted molar refractivity (Wildman–Crippen MR) is 92.6 cm³/mol. The molecule has 2 aromatic rings. The van der Waals surface area contributed by atoms with E-state index < -0.39 is 0 Å². The van der Waals surface area contributed by atoms with Crippen LogP contribution in [0, 0.1) is 10.5 Å². The third-order valence-corrected chi connectivity index (χ3v) is 4.92. The lowest BCUT2D eigenvalue weighted by Crippen LogP contribution is -2.10. The van der Waals surface area contributed by atoms with Crippen molar-refractivity contribution in [2.75, 3.05) is 11.9 Å². The molecule has 0 radical (unpaired) electrons. The van der Waals surface area contributed by atoms with Gasteiger partial charge in [-0.3, -0.25) is 0 Å². The maximum Gasteiger partial charge on any atom is 0.143 e. The van der Waals surface area contributed by atoms with Crippen LogP contribution in [0.25, 0.3) is 0 Å². The molecule has 1 N–H and O–H groups in total. The summed E-state index contributed by atoms with van der Waals surface area (Å²) in [6, 6.07) is 0. The molecule has 4 nitrogen and oxygen atoms in total. The summed E-state index contributed by atoms with van der Waals surface area (Å²) < 4.78 is 1.14. The van der Waals surface area contributed by atoms with E-state index in [2.05, 4.69) is 62.1 Å². The molecule has 0 unspecified atom stereocenters. The highest BCUT2D eigenvalue weighted by Crippen LogP contribution is 2.21. The van der Waals surface area contributed by atoms with Gasteiger partial charge in [0.2, 0.25) is 0 Å². The number of rotatable bonds is 6. The highest BCUT2D eigenvalue weighted by atomic mass is 127. The van der Waals surface area contributed by atoms with E-state index in [4.69, 9.17) is 0 Å². The van der Waals surface area contributed by atoms with Gasteiger partial charge in [-0.15, -0.1) is 11.3 Å². The van der Waals surface area contributed by atoms with Crippen LogP contribution in [0.4, 0.5) is 5.82 Å². The number of hydrogen-bond donors (Lipinski definition) is 1. The second-order valence-electron chi connectivity index (χ2n) is 4.59. The van der Waals surface area contributed by atoms with Crippen molar-refractivity contribution < 1.29 is 0 Å². The van der Waals surface area contributed by atoms with Gasteiger partial charge in [0.15, 0.2) is 0 Å². The molecular formula is C14H19IN4S. The van der Waals surface area contributed by atoms with E-state index in [-0.39, 0.29) is 0 Å². The minimum atomic E-state index is 0.712. The SMILES string of the molecule is CCCNc1nc(Cc2nc(C)cs2)nc(CC)c1I. The van der Waals surface area contributed by atoms with Gasteiger partial charge in [-0.05, 0) is 42.4 Å². The first-order valence-electron chi connectivity index (χ1n) is 6.84. The highest BCUT2D eigenvalue weighted by Gasteiger charge is 2.12. The van der Waals surface area contributed by atoms with Crippen molar-refractivity contribution in [3.8, 4) is 0 Å². The molecule has 2 heterocycles. The summed E-state index contributed by atoms with van der Waals surface area (Å²) in [6.45, 7) is 7.24. The van der Waals surface area contributed by atoms with Gasteiger partial charge in [0.05, 0.1) is 15.7 Å². The van der Waals surface area contributed by atoms with Crippen LogP contribution >= 0.6 is 33.9 Å². The Bertz CT molecular complexity index is 583. The Hall–Kier alpha value is -0.760. The Kier molecular flexibility index (Phi) is 5.71. The predicted octanol–water partition coefficient (Wildman–Crippen LogP) is 3.82. The molecule has 0 aliphatic heterocycles. The van der Waals surface area contributed by atoms with Crippen molar-refractivity contribution in [3.63, 3.8) is 0 Å². The second-order valence-corrected chi connectivity index (χ2v) is 6.61. The third-order valence-electron chi connectivity index (χ3n) is 2.82. The lowest BCUT2D eigenvalue weighted by molar-refractivity contribution is 0.877. The van der Waals surface area contributed by atoms with Gasteiger partial charge in [-0.1, -0.05) is 13.8 Å². The molecule has 0 aliphatic rings. The van der Waals surface area contributed by atoms with Gasteiger partial charge in [-0.25, -0.2) is 15.0 Å². The number of hydrogen-bond acceptors (Lipinski definition) is 5. The molecule has 0 atom stereocenters. The van der Waals surface area contributed by atoms with Crippen LogP contribution in [0.15, 0.2) is 5.38 Å². The van der Waals surface area contributed by atoms with E-state index >= 15 is 0 Å². The van der Waals surface area contributed by atoms with Crippen molar-refractivity contribution in [1.29, 1.82) is 0 Å². The van der Waals surface area contributed by atoms with Crippen molar-refractivity contribution in [2.45, 2.75) is 40.0 Å². The molecule has 6 heteroatoms. The molecule has 0 spiro atoms. The fourth-order valence-corrected chi connectivity index (χ4v) is 3.42. The van der Waals surface area contributed by atoms with Crippen LogP contribution < -0.4 is 5.32 Å². The van der Waals surface area contributed by atoms with E-state index in [1.165, 1.54) is 0 Å². The molecule has 0 aliphatic carbocycles. The molecule has 2 rings (SSSR count). The number of thiazole rings is 1. The monoisotopic (exact) mass is 402 g/mol. The fourth-order valence-electron chi connectivity index (χ4n) is 1.84. The third kappa shape index (κ3) is 3.88. The zero-order valence-electron chi connectivity index (χ0n) is 12.0. The molecule has 20 heavy (non-hydrogen) atoms. The first-order valence-corrected chi connectivity index (χ1v) is 8.80. The van der Waals surface area contributed by atoms with Crippen molar-refractivity contribution in [1.82, 2.24) is 15.0 Å². The number of aryl methyl sites for hydroxylation is 2. The molecule has 0 aromatic carbocycles. The average molecular weight is 402 g/mol. The van der Waals surface area contributed by atoms with Crippen LogP contribution in [0.2, 0.25) is 0 Å². The van der Waals surface area contributed by atoms with Crippen molar-refractivity contribution in [2.24, 2.45) is 0 Å². The molecule has 0 saturated carbocycles. The van der Waals surface area contributed by atoms with Crippen LogP contribution in [-0.2, 0) is 12.8 Å². The topological polar surface area (TPSA) is 50.7 Å². The number of nitrogens with one attached hydrogen (secondary N) is 1. The largest absolute Gasteiger partial charge is 0.369 e. The van der Waals surface area contributed by atoms with Crippen LogP contribution in [-0.4, -0.2) is 21.5 Å². The molecule has 2 aromatic heterocycles. The standard InChI is InChI=1S/C14H19IN4S/c1-4-6-16-14-13(15)10(5-2)18-11(19-14)7-12-17-9(3)8-20-12/h8H,4-7H2,1-3H3,(H,16,18,19). The van der Waals surface area contributed by atoms with Gasteiger partial charge < -0.3 is 5.32 Å². The van der Waals surface area contributed by atoms with E-state index in [0.29, 0.717) is 6.42 Å². The summed E-state index contributed by atoms with van der Waals surface area (Å²) in [6.07, 6.45) is 2.72. The number of halogens is 1. The fraction of sp³-hybridized carbons (Fsp3) is 0.500. The molecule has 108 valence electrons. The summed E-state index contributed by atoms with van der Waals surface area (Å²) in [5.41, 5.74) is 2.18. The maximum absolute atomic E-state index is 4.67. The first-order chi connectivity index (χ1) is 9.63. The Morgan fingerprint density at radius 3 is 2.65 bits per heavy atom. The Morgan fingerprint density at radius 2 is 2.05 bits per heavy atom. The number of anilines is 1. The molecule has 0 saturated heterocycles. The van der Waals surface area contributed by atoms with E-state index in [0.717, 1.165) is 51.0 Å². The van der Waals surface area contributed by atoms with E-state index in [1.807, 2.05) is 6.92 Å². The first kappa shape index (κ1) is 15.6. The van der Waals surface area contributed by atoms with Gasteiger partial charge in [-0.2, -0.15) is 0 Å². The average Bonchev–Trinajstić information content (AvgIpc) is 2.84. The van der Waals surface area contributed by atoms with Gasteiger partial charge in [0.25, 0.3) is 0 Å². The number of aromatic nitrogens is 3. The Morgan fingerprint density at radius 1 is 1.25 bits per heavy atom. The zero-order chi connectivity index (χ0) is 14.5. The molecule has 0 bridgehead atoms. The highest BCUT2D eigenvalue weighted by molar-refractivity contribution is 14.1. The van der Waals surface area contributed by atoms with Crippen LogP contribution in [0.3, 0.4) is 0 Å². The van der Waals surface area contributed by atoms with Gasteiger partial charge in [0, 0.05) is 17.6 Å². The quantitative estimate of drug-likeness (QED) is 0.747. The van der Waals surface area contributed by atoms with Crippen LogP contribution in [0.1, 0.15) is 42.5 Å². The molecular weight excluding hydrogens is 383 g/mol. The van der Waals surface area contributed by atoms with Crippen molar-refractivity contribution in [3.05, 3.63) is 31.2 Å². The van der Waals surface area contributed by atoms with Crippen LogP contribution in [0.5, 0.6) is 0 Å². The Balaban J connectivity index is 2.27. The second kappa shape index (κ2) is 7.31. The summed E-state index contributed by atoms with van der Waals surface area (Å²) in [7, 11) is 0. The molecule has 0 amide bonds. The normalized spacial score (nSPS) is 10.8. The minimum absolute atomic E-state index is 0.712. The maximum atomic E-state index is 4.67. The Labute approximate surface area is 137 Å². The number of nitrogens with zero attached hydrogens (tertiary/aromatic N) is 3. The summed E-state index contributed by atoms with van der Waals surface area (Å²) in [4.78, 5) is 13.8. The summed E-state index contributed by atoms with van der Waals surface area (Å²) >= 11 is 4.00. The lowest BCUT2D eigenvalue weighted by atomic mass is 10.3. The molecule has 0 fully saturated rings. The van der Waals surface area contributed by atoms with E-state index in [9.17, 15) is 0 Å². The van der Waals surface area contributed by atoms with E-state index in [1.54, 1.807) is 11.3 Å². The smallest absolute Gasteiger partial charge is 0.143 e. The van der Waals surface area contributed by atoms with Gasteiger partial charge >= 0.3 is 0 Å². The van der Waals surface area contributed by atoms with Gasteiger partial charge in [0.1, 0.15) is 16.6 Å². The summed E-state index contributed by atoms with van der Waals surface area (Å²) in [5, 5.41) is 6.54. The summed E-state index contributed by atoms with van der Waals surface area (Å²) in [5.74, 6) is 1.82. The zero-order valence-corrected chi connectivity index (χ0v) is 15.0. The lowest BCUT2D eigenvalue weighted by Gasteiger charge is -2.11. The van der Waals surface area contributed by atoms with Crippen molar-refractivity contribution >= 4 is 39.7 Å².